The summed E-state index contributed by atoms with van der Waals surface area (Å²) in [6.07, 6.45) is 0. The molecule has 0 aliphatic heterocycles. The Balaban J connectivity index is 1.57. The van der Waals surface area contributed by atoms with Gasteiger partial charge in [0.15, 0.2) is 6.61 Å². The number of rotatable bonds is 3. The van der Waals surface area contributed by atoms with Crippen molar-refractivity contribution in [3.63, 3.8) is 0 Å². The molecule has 31 heavy (non-hydrogen) atoms. The summed E-state index contributed by atoms with van der Waals surface area (Å²) in [4.78, 5) is 26.5. The topological polar surface area (TPSA) is 61.2 Å². The van der Waals surface area contributed by atoms with E-state index >= 15 is 0 Å². The molecule has 1 aromatic heterocycles. The van der Waals surface area contributed by atoms with Gasteiger partial charge >= 0.3 is 0 Å². The van der Waals surface area contributed by atoms with Gasteiger partial charge in [-0.1, -0.05) is 72.5 Å². The van der Waals surface area contributed by atoms with Crippen molar-refractivity contribution in [1.82, 2.24) is 9.78 Å². The van der Waals surface area contributed by atoms with Crippen LogP contribution in [0.1, 0.15) is 37.5 Å². The minimum Gasteiger partial charge on any atom is -0.463 e. The molecular weight excluding hydrogens is 388 g/mol. The van der Waals surface area contributed by atoms with Crippen LogP contribution in [0.4, 0.5) is 0 Å². The Hall–Kier alpha value is -4.43. The first kappa shape index (κ1) is 18.6. The molecule has 3 aromatic carbocycles. The van der Waals surface area contributed by atoms with E-state index in [9.17, 15) is 9.59 Å². The van der Waals surface area contributed by atoms with E-state index in [0.717, 1.165) is 5.56 Å². The molecule has 0 amide bonds. The average molecular weight is 404 g/mol. The first-order chi connectivity index (χ1) is 15.2. The van der Waals surface area contributed by atoms with Crippen LogP contribution in [0.2, 0.25) is 0 Å². The van der Waals surface area contributed by atoms with E-state index in [1.807, 2.05) is 60.7 Å². The minimum absolute atomic E-state index is 0.0380. The maximum Gasteiger partial charge on any atom is 0.246 e. The molecule has 0 saturated carbocycles. The van der Waals surface area contributed by atoms with E-state index in [4.69, 9.17) is 4.74 Å². The summed E-state index contributed by atoms with van der Waals surface area (Å²) in [5, 5.41) is 4.48. The number of aromatic nitrogens is 2. The molecular formula is C26H16N2O3. The van der Waals surface area contributed by atoms with E-state index in [1.54, 1.807) is 24.3 Å². The molecule has 0 unspecified atom stereocenters. The van der Waals surface area contributed by atoms with Gasteiger partial charge in [-0.2, -0.15) is 0 Å². The molecule has 5 rings (SSSR count). The van der Waals surface area contributed by atoms with Crippen LogP contribution in [0.5, 0.6) is 5.88 Å². The molecule has 0 N–H and O–H groups in total. The second kappa shape index (κ2) is 7.77. The summed E-state index contributed by atoms with van der Waals surface area (Å²) in [5.41, 5.74) is 2.64. The third-order valence-corrected chi connectivity index (χ3v) is 5.00. The van der Waals surface area contributed by atoms with Gasteiger partial charge in [-0.25, -0.2) is 4.68 Å². The van der Waals surface area contributed by atoms with Gasteiger partial charge in [0.2, 0.25) is 17.4 Å². The third-order valence-electron chi connectivity index (χ3n) is 5.00. The zero-order valence-corrected chi connectivity index (χ0v) is 16.4. The van der Waals surface area contributed by atoms with Crippen molar-refractivity contribution in [2.75, 3.05) is 6.61 Å². The fourth-order valence-electron chi connectivity index (χ4n) is 3.57. The van der Waals surface area contributed by atoms with Gasteiger partial charge in [-0.05, 0) is 24.3 Å². The van der Waals surface area contributed by atoms with E-state index in [0.29, 0.717) is 16.8 Å². The van der Waals surface area contributed by atoms with Crippen LogP contribution in [0.15, 0.2) is 84.9 Å². The number of fused-ring (bicyclic) bond motifs is 2. The number of nitrogens with zero attached hydrogens (tertiary/aromatic N) is 2. The molecule has 0 fully saturated rings. The lowest BCUT2D eigenvalue weighted by molar-refractivity contribution is 0.0973. The van der Waals surface area contributed by atoms with Crippen molar-refractivity contribution < 1.29 is 14.3 Å². The monoisotopic (exact) mass is 404 g/mol. The molecule has 0 saturated heterocycles. The zero-order chi connectivity index (χ0) is 21.2. The third kappa shape index (κ3) is 3.30. The molecule has 148 valence electrons. The highest BCUT2D eigenvalue weighted by Crippen LogP contribution is 2.34. The van der Waals surface area contributed by atoms with Crippen molar-refractivity contribution in [1.29, 1.82) is 0 Å². The highest BCUT2D eigenvalue weighted by Gasteiger charge is 2.37. The van der Waals surface area contributed by atoms with Crippen LogP contribution < -0.4 is 4.74 Å². The Morgan fingerprint density at radius 1 is 0.774 bits per heavy atom. The van der Waals surface area contributed by atoms with Crippen LogP contribution in [-0.4, -0.2) is 28.0 Å². The van der Waals surface area contributed by atoms with E-state index in [2.05, 4.69) is 16.9 Å². The molecule has 1 aliphatic carbocycles. The molecule has 0 bridgehead atoms. The van der Waals surface area contributed by atoms with Crippen LogP contribution in [-0.2, 0) is 0 Å². The first-order valence-corrected chi connectivity index (χ1v) is 9.77. The van der Waals surface area contributed by atoms with Crippen LogP contribution >= 0.6 is 0 Å². The Labute approximate surface area is 178 Å². The SMILES string of the molecule is O=C1c2ccccc2C(=O)c2c1c(OCC#Cc1ccccc1)nn2-c1ccccc1. The number of para-hydroxylation sites is 1. The molecule has 4 aromatic rings. The second-order valence-electron chi connectivity index (χ2n) is 6.94. The predicted octanol–water partition coefficient (Wildman–Crippen LogP) is 4.08. The summed E-state index contributed by atoms with van der Waals surface area (Å²) in [5.74, 6) is 5.51. The van der Waals surface area contributed by atoms with Crippen molar-refractivity contribution in [2.45, 2.75) is 0 Å². The van der Waals surface area contributed by atoms with Gasteiger partial charge in [0.1, 0.15) is 11.3 Å². The van der Waals surface area contributed by atoms with Gasteiger partial charge in [0, 0.05) is 16.7 Å². The Morgan fingerprint density at radius 2 is 1.39 bits per heavy atom. The van der Waals surface area contributed by atoms with E-state index in [-0.39, 0.29) is 35.3 Å². The van der Waals surface area contributed by atoms with Crippen LogP contribution in [0.25, 0.3) is 5.69 Å². The summed E-state index contributed by atoms with van der Waals surface area (Å²) >= 11 is 0. The maximum absolute atomic E-state index is 13.3. The lowest BCUT2D eigenvalue weighted by Gasteiger charge is -2.15. The lowest BCUT2D eigenvalue weighted by atomic mass is 9.88. The number of hydrogen-bond donors (Lipinski definition) is 0. The highest BCUT2D eigenvalue weighted by atomic mass is 16.5. The average Bonchev–Trinajstić information content (AvgIpc) is 3.21. The standard InChI is InChI=1S/C26H16N2O3/c29-24-20-15-7-8-16-21(20)25(30)23-22(24)26(27-28(23)19-13-5-2-6-14-19)31-17-9-12-18-10-3-1-4-11-18/h1-8,10-11,13-16H,17H2. The quantitative estimate of drug-likeness (QED) is 0.425. The number of hydrogen-bond acceptors (Lipinski definition) is 4. The highest BCUT2D eigenvalue weighted by molar-refractivity contribution is 6.28. The fourth-order valence-corrected chi connectivity index (χ4v) is 3.57. The maximum atomic E-state index is 13.3. The van der Waals surface area contributed by atoms with E-state index < -0.39 is 0 Å². The normalized spacial score (nSPS) is 11.9. The lowest BCUT2D eigenvalue weighted by Crippen LogP contribution is -2.22. The fraction of sp³-hybridized carbons (Fsp3) is 0.0385. The first-order valence-electron chi connectivity index (χ1n) is 9.77. The minimum atomic E-state index is -0.279. The number of benzene rings is 3. The van der Waals surface area contributed by atoms with Gasteiger partial charge in [0.05, 0.1) is 5.69 Å². The molecule has 1 heterocycles. The van der Waals surface area contributed by atoms with Gasteiger partial charge < -0.3 is 4.74 Å². The Bertz CT molecular complexity index is 1360. The van der Waals surface area contributed by atoms with Gasteiger partial charge in [-0.3, -0.25) is 9.59 Å². The molecule has 0 atom stereocenters. The molecule has 5 heteroatoms. The summed E-state index contributed by atoms with van der Waals surface area (Å²) in [6, 6.07) is 25.5. The second-order valence-corrected chi connectivity index (χ2v) is 6.94. The molecule has 0 spiro atoms. The van der Waals surface area contributed by atoms with Crippen LogP contribution in [0, 0.1) is 11.8 Å². The molecule has 5 nitrogen and oxygen atoms in total. The number of carbonyl (C=O) groups excluding carboxylic acids is 2. The Morgan fingerprint density at radius 3 is 2.10 bits per heavy atom. The van der Waals surface area contributed by atoms with Crippen LogP contribution in [0.3, 0.4) is 0 Å². The van der Waals surface area contributed by atoms with Gasteiger partial charge in [-0.15, -0.1) is 5.10 Å². The summed E-state index contributed by atoms with van der Waals surface area (Å²) in [7, 11) is 0. The van der Waals surface area contributed by atoms with Crippen molar-refractivity contribution in [2.24, 2.45) is 0 Å². The number of ketones is 2. The number of ether oxygens (including phenoxy) is 1. The van der Waals surface area contributed by atoms with E-state index in [1.165, 1.54) is 4.68 Å². The number of carbonyl (C=O) groups is 2. The molecule has 0 radical (unpaired) electrons. The van der Waals surface area contributed by atoms with Crippen molar-refractivity contribution >= 4 is 11.6 Å². The van der Waals surface area contributed by atoms with Crippen molar-refractivity contribution in [3.8, 4) is 23.4 Å². The Kier molecular flexibility index (Phi) is 4.66. The van der Waals surface area contributed by atoms with Gasteiger partial charge in [0.25, 0.3) is 0 Å². The smallest absolute Gasteiger partial charge is 0.246 e. The molecule has 1 aliphatic rings. The largest absolute Gasteiger partial charge is 0.463 e. The summed E-state index contributed by atoms with van der Waals surface area (Å²) < 4.78 is 7.26. The predicted molar refractivity (Wildman–Crippen MR) is 116 cm³/mol. The zero-order valence-electron chi connectivity index (χ0n) is 16.4. The summed E-state index contributed by atoms with van der Waals surface area (Å²) in [6.45, 7) is 0.0380. The van der Waals surface area contributed by atoms with Crippen molar-refractivity contribution in [3.05, 3.63) is 113 Å².